The lowest BCUT2D eigenvalue weighted by Crippen LogP contribution is -2.28. The van der Waals surface area contributed by atoms with Crippen LogP contribution in [0.5, 0.6) is 0 Å². The summed E-state index contributed by atoms with van der Waals surface area (Å²) in [6.45, 7) is 9.51. The van der Waals surface area contributed by atoms with Crippen LogP contribution in [0.25, 0.3) is 0 Å². The van der Waals surface area contributed by atoms with Crippen LogP contribution in [0, 0.1) is 0 Å². The Morgan fingerprint density at radius 2 is 2.07 bits per heavy atom. The molecule has 0 aromatic carbocycles. The first-order valence-corrected chi connectivity index (χ1v) is 5.08. The Morgan fingerprint density at radius 1 is 1.47 bits per heavy atom. The maximum Gasteiger partial charge on any atom is 0.419 e. The van der Waals surface area contributed by atoms with Crippen LogP contribution in [0.4, 0.5) is 4.79 Å². The minimum Gasteiger partial charge on any atom is -0.443 e. The Labute approximate surface area is 90.3 Å². The Balaban J connectivity index is 2.87. The fraction of sp³-hybridized carbons (Fsp3) is 0.636. The van der Waals surface area contributed by atoms with Gasteiger partial charge in [0.1, 0.15) is 11.4 Å². The molecule has 84 valence electrons. The zero-order valence-electron chi connectivity index (χ0n) is 9.94. The SMILES string of the molecule is CC(C)c1nccn1C(=O)OC(C)(C)C. The second kappa shape index (κ2) is 4.04. The molecule has 0 radical (unpaired) electrons. The highest BCUT2D eigenvalue weighted by Crippen LogP contribution is 2.14. The first-order chi connectivity index (χ1) is 6.81. The van der Waals surface area contributed by atoms with Gasteiger partial charge in [0.15, 0.2) is 0 Å². The molecule has 0 atom stereocenters. The van der Waals surface area contributed by atoms with E-state index in [0.717, 1.165) is 5.82 Å². The fourth-order valence-corrected chi connectivity index (χ4v) is 1.21. The number of aromatic nitrogens is 2. The largest absolute Gasteiger partial charge is 0.443 e. The molecule has 0 fully saturated rings. The van der Waals surface area contributed by atoms with Gasteiger partial charge in [0.25, 0.3) is 0 Å². The first kappa shape index (κ1) is 11.8. The van der Waals surface area contributed by atoms with Crippen molar-refractivity contribution in [3.8, 4) is 0 Å². The molecule has 1 aromatic heterocycles. The molecule has 0 aliphatic heterocycles. The lowest BCUT2D eigenvalue weighted by Gasteiger charge is -2.20. The van der Waals surface area contributed by atoms with E-state index in [2.05, 4.69) is 4.98 Å². The number of hydrogen-bond acceptors (Lipinski definition) is 3. The molecule has 0 aliphatic rings. The van der Waals surface area contributed by atoms with Crippen molar-refractivity contribution in [3.05, 3.63) is 18.2 Å². The van der Waals surface area contributed by atoms with Crippen LogP contribution in [0.1, 0.15) is 46.4 Å². The Morgan fingerprint density at radius 3 is 2.53 bits per heavy atom. The van der Waals surface area contributed by atoms with E-state index in [0.29, 0.717) is 0 Å². The zero-order chi connectivity index (χ0) is 11.6. The average molecular weight is 210 g/mol. The molecule has 1 heterocycles. The van der Waals surface area contributed by atoms with E-state index in [1.54, 1.807) is 12.4 Å². The van der Waals surface area contributed by atoms with E-state index in [-0.39, 0.29) is 12.0 Å². The molecule has 4 heteroatoms. The van der Waals surface area contributed by atoms with Crippen molar-refractivity contribution < 1.29 is 9.53 Å². The Hall–Kier alpha value is -1.32. The van der Waals surface area contributed by atoms with Crippen molar-refractivity contribution in [1.29, 1.82) is 0 Å². The molecule has 0 spiro atoms. The van der Waals surface area contributed by atoms with Crippen LogP contribution < -0.4 is 0 Å². The summed E-state index contributed by atoms with van der Waals surface area (Å²) in [5.41, 5.74) is -0.477. The molecule has 0 amide bonds. The van der Waals surface area contributed by atoms with Crippen molar-refractivity contribution in [2.24, 2.45) is 0 Å². The van der Waals surface area contributed by atoms with Gasteiger partial charge in [-0.2, -0.15) is 0 Å². The number of carbonyl (C=O) groups is 1. The molecular weight excluding hydrogens is 192 g/mol. The Kier molecular flexibility index (Phi) is 3.17. The van der Waals surface area contributed by atoms with Gasteiger partial charge in [0.2, 0.25) is 0 Å². The topological polar surface area (TPSA) is 44.1 Å². The van der Waals surface area contributed by atoms with Crippen LogP contribution >= 0.6 is 0 Å². The van der Waals surface area contributed by atoms with Gasteiger partial charge in [0, 0.05) is 18.3 Å². The van der Waals surface area contributed by atoms with E-state index < -0.39 is 5.60 Å². The van der Waals surface area contributed by atoms with Crippen LogP contribution in [-0.4, -0.2) is 21.2 Å². The summed E-state index contributed by atoms with van der Waals surface area (Å²) in [5, 5.41) is 0. The zero-order valence-corrected chi connectivity index (χ0v) is 9.94. The highest BCUT2D eigenvalue weighted by molar-refractivity contribution is 5.71. The second-order valence-corrected chi connectivity index (χ2v) is 4.79. The fourth-order valence-electron chi connectivity index (χ4n) is 1.21. The number of imidazole rings is 1. The highest BCUT2D eigenvalue weighted by atomic mass is 16.6. The van der Waals surface area contributed by atoms with E-state index in [1.807, 2.05) is 34.6 Å². The van der Waals surface area contributed by atoms with Gasteiger partial charge in [-0.1, -0.05) is 13.8 Å². The first-order valence-electron chi connectivity index (χ1n) is 5.08. The molecule has 1 aromatic rings. The summed E-state index contributed by atoms with van der Waals surface area (Å²) in [5.74, 6) is 0.928. The van der Waals surface area contributed by atoms with Gasteiger partial charge in [-0.05, 0) is 20.8 Å². The summed E-state index contributed by atoms with van der Waals surface area (Å²) in [6, 6.07) is 0. The van der Waals surface area contributed by atoms with E-state index in [1.165, 1.54) is 4.57 Å². The second-order valence-electron chi connectivity index (χ2n) is 4.79. The number of ether oxygens (including phenoxy) is 1. The molecular formula is C11H18N2O2. The molecule has 0 saturated heterocycles. The quantitative estimate of drug-likeness (QED) is 0.716. The minimum absolute atomic E-state index is 0.201. The highest BCUT2D eigenvalue weighted by Gasteiger charge is 2.20. The van der Waals surface area contributed by atoms with Crippen LogP contribution in [0.15, 0.2) is 12.4 Å². The van der Waals surface area contributed by atoms with Crippen molar-refractivity contribution in [2.45, 2.75) is 46.1 Å². The standard InChI is InChI=1S/C11H18N2O2/c1-8(2)9-12-6-7-13(9)10(14)15-11(3,4)5/h6-8H,1-5H3. The van der Waals surface area contributed by atoms with Gasteiger partial charge in [0.05, 0.1) is 0 Å². The molecule has 0 N–H and O–H groups in total. The van der Waals surface area contributed by atoms with Gasteiger partial charge >= 0.3 is 6.09 Å². The molecule has 4 nitrogen and oxygen atoms in total. The lowest BCUT2D eigenvalue weighted by atomic mass is 10.2. The predicted molar refractivity (Wildman–Crippen MR) is 57.9 cm³/mol. The smallest absolute Gasteiger partial charge is 0.419 e. The van der Waals surface area contributed by atoms with Crippen molar-refractivity contribution in [2.75, 3.05) is 0 Å². The molecule has 0 saturated carbocycles. The third kappa shape index (κ3) is 3.08. The van der Waals surface area contributed by atoms with E-state index in [4.69, 9.17) is 4.74 Å². The molecule has 15 heavy (non-hydrogen) atoms. The summed E-state index contributed by atoms with van der Waals surface area (Å²) in [4.78, 5) is 15.9. The van der Waals surface area contributed by atoms with Gasteiger partial charge in [-0.15, -0.1) is 0 Å². The van der Waals surface area contributed by atoms with Gasteiger partial charge in [-0.25, -0.2) is 14.3 Å². The summed E-state index contributed by atoms with van der Waals surface area (Å²) >= 11 is 0. The molecule has 0 bridgehead atoms. The maximum absolute atomic E-state index is 11.7. The van der Waals surface area contributed by atoms with E-state index in [9.17, 15) is 4.79 Å². The van der Waals surface area contributed by atoms with Crippen LogP contribution in [0.2, 0.25) is 0 Å². The molecule has 0 aliphatic carbocycles. The third-order valence-electron chi connectivity index (χ3n) is 1.78. The van der Waals surface area contributed by atoms with Crippen LogP contribution in [-0.2, 0) is 4.74 Å². The summed E-state index contributed by atoms with van der Waals surface area (Å²) in [6.07, 6.45) is 2.87. The number of carbonyl (C=O) groups excluding carboxylic acids is 1. The third-order valence-corrected chi connectivity index (χ3v) is 1.78. The monoisotopic (exact) mass is 210 g/mol. The predicted octanol–water partition coefficient (Wildman–Crippen LogP) is 2.79. The normalized spacial score (nSPS) is 11.9. The summed E-state index contributed by atoms with van der Waals surface area (Å²) in [7, 11) is 0. The number of rotatable bonds is 1. The maximum atomic E-state index is 11.7. The number of nitrogens with zero attached hydrogens (tertiary/aromatic N) is 2. The van der Waals surface area contributed by atoms with Crippen molar-refractivity contribution in [1.82, 2.24) is 9.55 Å². The molecule has 0 unspecified atom stereocenters. The molecule has 1 rings (SSSR count). The summed E-state index contributed by atoms with van der Waals surface area (Å²) < 4.78 is 6.71. The minimum atomic E-state index is -0.477. The lowest BCUT2D eigenvalue weighted by molar-refractivity contribution is 0.0530. The Bertz CT molecular complexity index is 348. The average Bonchev–Trinajstić information content (AvgIpc) is 2.47. The van der Waals surface area contributed by atoms with Crippen LogP contribution in [0.3, 0.4) is 0 Å². The van der Waals surface area contributed by atoms with E-state index >= 15 is 0 Å². The van der Waals surface area contributed by atoms with Crippen molar-refractivity contribution in [3.63, 3.8) is 0 Å². The number of hydrogen-bond donors (Lipinski definition) is 0. The van der Waals surface area contributed by atoms with Gasteiger partial charge < -0.3 is 4.74 Å². The van der Waals surface area contributed by atoms with Gasteiger partial charge in [-0.3, -0.25) is 0 Å². The van der Waals surface area contributed by atoms with Crippen molar-refractivity contribution >= 4 is 6.09 Å².